The molecule has 2 aromatic carbocycles. The molecule has 4 aromatic rings. The summed E-state index contributed by atoms with van der Waals surface area (Å²) in [6, 6.07) is 13.8. The maximum absolute atomic E-state index is 13.4. The fourth-order valence-electron chi connectivity index (χ4n) is 4.18. The van der Waals surface area contributed by atoms with Crippen molar-refractivity contribution in [2.75, 3.05) is 20.3 Å². The lowest BCUT2D eigenvalue weighted by molar-refractivity contribution is 0.279. The van der Waals surface area contributed by atoms with E-state index in [1.165, 1.54) is 4.31 Å². The van der Waals surface area contributed by atoms with Crippen LogP contribution in [-0.4, -0.2) is 43.1 Å². The minimum absolute atomic E-state index is 0.104. The van der Waals surface area contributed by atoms with Crippen molar-refractivity contribution in [3.8, 4) is 22.6 Å². The second-order valence-electron chi connectivity index (χ2n) is 7.92. The number of fused-ring (bicyclic) bond motifs is 2. The summed E-state index contributed by atoms with van der Waals surface area (Å²) in [4.78, 5) is 4.66. The van der Waals surface area contributed by atoms with E-state index in [-0.39, 0.29) is 30.4 Å². The van der Waals surface area contributed by atoms with E-state index < -0.39 is 10.0 Å². The molecule has 33 heavy (non-hydrogen) atoms. The Bertz CT molecular complexity index is 1440. The predicted molar refractivity (Wildman–Crippen MR) is 123 cm³/mol. The molecule has 0 N–H and O–H groups in total. The molecule has 8 nitrogen and oxygen atoms in total. The van der Waals surface area contributed by atoms with E-state index in [1.807, 2.05) is 36.4 Å². The smallest absolute Gasteiger partial charge is 0.248 e. The summed E-state index contributed by atoms with van der Waals surface area (Å²) in [7, 11) is -2.25. The molecule has 0 fully saturated rings. The summed E-state index contributed by atoms with van der Waals surface area (Å²) >= 11 is 0. The largest absolute Gasteiger partial charge is 0.493 e. The SMILES string of the molecule is COc1cc(-c2cnc3ccccc3c2)cc2c1OCCN(S(=O)(=O)c1c(C)noc1C)C2. The molecule has 3 heterocycles. The first-order chi connectivity index (χ1) is 15.9. The van der Waals surface area contributed by atoms with Gasteiger partial charge in [0.05, 0.1) is 12.6 Å². The molecular weight excluding hydrogens is 442 g/mol. The van der Waals surface area contributed by atoms with Gasteiger partial charge in [-0.15, -0.1) is 0 Å². The highest BCUT2D eigenvalue weighted by Crippen LogP contribution is 2.39. The number of para-hydroxylation sites is 1. The summed E-state index contributed by atoms with van der Waals surface area (Å²) < 4.78 is 44.9. The lowest BCUT2D eigenvalue weighted by Crippen LogP contribution is -2.33. The molecule has 2 aromatic heterocycles. The van der Waals surface area contributed by atoms with Crippen molar-refractivity contribution >= 4 is 20.9 Å². The topological polar surface area (TPSA) is 94.8 Å². The minimum Gasteiger partial charge on any atom is -0.493 e. The molecule has 0 spiro atoms. The van der Waals surface area contributed by atoms with Crippen molar-refractivity contribution in [3.63, 3.8) is 0 Å². The fourth-order valence-corrected chi connectivity index (χ4v) is 5.88. The van der Waals surface area contributed by atoms with Crippen molar-refractivity contribution in [1.29, 1.82) is 0 Å². The molecule has 0 saturated heterocycles. The van der Waals surface area contributed by atoms with Crippen molar-refractivity contribution in [2.45, 2.75) is 25.3 Å². The van der Waals surface area contributed by atoms with E-state index in [4.69, 9.17) is 14.0 Å². The molecule has 0 aliphatic carbocycles. The van der Waals surface area contributed by atoms with Crippen LogP contribution < -0.4 is 9.47 Å². The van der Waals surface area contributed by atoms with E-state index >= 15 is 0 Å². The Labute approximate surface area is 191 Å². The predicted octanol–water partition coefficient (Wildman–Crippen LogP) is 4.10. The summed E-state index contributed by atoms with van der Waals surface area (Å²) in [5.41, 5.74) is 3.73. The number of sulfonamides is 1. The second-order valence-corrected chi connectivity index (χ2v) is 9.80. The maximum Gasteiger partial charge on any atom is 0.248 e. The number of methoxy groups -OCH3 is 1. The Morgan fingerprint density at radius 3 is 2.67 bits per heavy atom. The third-order valence-electron chi connectivity index (χ3n) is 5.78. The molecule has 0 unspecified atom stereocenters. The number of hydrogen-bond acceptors (Lipinski definition) is 7. The van der Waals surface area contributed by atoms with Crippen LogP contribution in [0.3, 0.4) is 0 Å². The summed E-state index contributed by atoms with van der Waals surface area (Å²) in [5.74, 6) is 1.37. The van der Waals surface area contributed by atoms with E-state index in [9.17, 15) is 8.42 Å². The van der Waals surface area contributed by atoms with Gasteiger partial charge in [0.1, 0.15) is 17.2 Å². The number of rotatable bonds is 4. The molecule has 0 bridgehead atoms. The number of nitrogens with zero attached hydrogens (tertiary/aromatic N) is 3. The van der Waals surface area contributed by atoms with Gasteiger partial charge in [-0.3, -0.25) is 4.98 Å². The molecular formula is C24H23N3O5S. The highest BCUT2D eigenvalue weighted by Gasteiger charge is 2.33. The first kappa shape index (κ1) is 21.4. The van der Waals surface area contributed by atoms with Gasteiger partial charge in [0.15, 0.2) is 17.3 Å². The zero-order valence-electron chi connectivity index (χ0n) is 18.5. The number of aromatic nitrogens is 2. The Hall–Kier alpha value is -3.43. The van der Waals surface area contributed by atoms with Crippen LogP contribution in [0.2, 0.25) is 0 Å². The molecule has 170 valence electrons. The number of aryl methyl sites for hydroxylation is 2. The number of pyridine rings is 1. The molecule has 0 atom stereocenters. The minimum atomic E-state index is -3.83. The highest BCUT2D eigenvalue weighted by atomic mass is 32.2. The molecule has 0 amide bonds. The van der Waals surface area contributed by atoms with Gasteiger partial charge < -0.3 is 14.0 Å². The zero-order chi connectivity index (χ0) is 23.2. The average molecular weight is 466 g/mol. The van der Waals surface area contributed by atoms with Gasteiger partial charge in [0.25, 0.3) is 0 Å². The van der Waals surface area contributed by atoms with Crippen LogP contribution in [0, 0.1) is 13.8 Å². The average Bonchev–Trinajstić information content (AvgIpc) is 3.02. The summed E-state index contributed by atoms with van der Waals surface area (Å²) in [6.07, 6.45) is 1.80. The molecule has 1 aliphatic rings. The number of ether oxygens (including phenoxy) is 2. The van der Waals surface area contributed by atoms with Crippen LogP contribution in [0.15, 0.2) is 58.1 Å². The van der Waals surface area contributed by atoms with Crippen LogP contribution in [0.1, 0.15) is 17.0 Å². The third kappa shape index (κ3) is 3.73. The van der Waals surface area contributed by atoms with Crippen LogP contribution in [0.5, 0.6) is 11.5 Å². The Morgan fingerprint density at radius 1 is 1.09 bits per heavy atom. The lowest BCUT2D eigenvalue weighted by atomic mass is 10.0. The second kappa shape index (κ2) is 8.17. The Balaban J connectivity index is 1.59. The summed E-state index contributed by atoms with van der Waals surface area (Å²) in [6.45, 7) is 3.75. The van der Waals surface area contributed by atoms with Crippen LogP contribution in [0.4, 0.5) is 0 Å². The Kier molecular flexibility index (Phi) is 5.30. The molecule has 9 heteroatoms. The van der Waals surface area contributed by atoms with Gasteiger partial charge in [0.2, 0.25) is 10.0 Å². The Morgan fingerprint density at radius 2 is 1.91 bits per heavy atom. The van der Waals surface area contributed by atoms with Gasteiger partial charge in [0, 0.05) is 35.8 Å². The van der Waals surface area contributed by atoms with E-state index in [0.29, 0.717) is 22.8 Å². The highest BCUT2D eigenvalue weighted by molar-refractivity contribution is 7.89. The van der Waals surface area contributed by atoms with Crippen molar-refractivity contribution in [2.24, 2.45) is 0 Å². The quantitative estimate of drug-likeness (QED) is 0.448. The number of hydrogen-bond donors (Lipinski definition) is 0. The lowest BCUT2D eigenvalue weighted by Gasteiger charge is -2.19. The molecule has 0 radical (unpaired) electrons. The van der Waals surface area contributed by atoms with Crippen molar-refractivity contribution in [1.82, 2.24) is 14.4 Å². The normalized spacial score (nSPS) is 14.5. The van der Waals surface area contributed by atoms with Crippen molar-refractivity contribution in [3.05, 3.63) is 65.7 Å². The summed E-state index contributed by atoms with van der Waals surface area (Å²) in [5, 5.41) is 4.83. The molecule has 5 rings (SSSR count). The van der Waals surface area contributed by atoms with Crippen LogP contribution in [0.25, 0.3) is 22.0 Å². The van der Waals surface area contributed by atoms with Gasteiger partial charge in [-0.25, -0.2) is 8.42 Å². The monoisotopic (exact) mass is 465 g/mol. The standard InChI is InChI=1S/C24H23N3O5S/c1-15-24(16(2)32-26-15)33(28,29)27-8-9-31-23-20(14-27)11-18(12-22(23)30-3)19-10-17-6-4-5-7-21(17)25-13-19/h4-7,10-13H,8-9,14H2,1-3H3. The van der Waals surface area contributed by atoms with E-state index in [1.54, 1.807) is 27.2 Å². The van der Waals surface area contributed by atoms with Gasteiger partial charge in [-0.2, -0.15) is 4.31 Å². The van der Waals surface area contributed by atoms with E-state index in [2.05, 4.69) is 16.2 Å². The molecule has 1 aliphatic heterocycles. The van der Waals surface area contributed by atoms with E-state index in [0.717, 1.165) is 22.0 Å². The molecule has 0 saturated carbocycles. The number of benzene rings is 2. The first-order valence-electron chi connectivity index (χ1n) is 10.5. The first-order valence-corrected chi connectivity index (χ1v) is 11.9. The van der Waals surface area contributed by atoms with Gasteiger partial charge in [-0.1, -0.05) is 23.4 Å². The van der Waals surface area contributed by atoms with Crippen molar-refractivity contribution < 1.29 is 22.4 Å². The van der Waals surface area contributed by atoms with Crippen LogP contribution >= 0.6 is 0 Å². The van der Waals surface area contributed by atoms with Gasteiger partial charge >= 0.3 is 0 Å². The third-order valence-corrected chi connectivity index (χ3v) is 7.87. The maximum atomic E-state index is 13.4. The zero-order valence-corrected chi connectivity index (χ0v) is 19.3. The van der Waals surface area contributed by atoms with Crippen LogP contribution in [-0.2, 0) is 16.6 Å². The van der Waals surface area contributed by atoms with Gasteiger partial charge in [-0.05, 0) is 43.7 Å². The fraction of sp³-hybridized carbons (Fsp3) is 0.250.